The van der Waals surface area contributed by atoms with Crippen molar-refractivity contribution in [2.24, 2.45) is 5.92 Å². The Morgan fingerprint density at radius 2 is 1.95 bits per heavy atom. The standard InChI is InChI=1S/C15H24N2O.ClH/c1-4-8-12(3)15(18)17-14-10-7-6-9-13(14)11-16-5-2;/h6-7,9-10,12,16H,4-5,8,11H2,1-3H3,(H,17,18);1H. The van der Waals surface area contributed by atoms with E-state index < -0.39 is 0 Å². The molecule has 3 nitrogen and oxygen atoms in total. The minimum absolute atomic E-state index is 0. The number of nitrogens with one attached hydrogen (secondary N) is 2. The Kier molecular flexibility index (Phi) is 9.27. The van der Waals surface area contributed by atoms with Gasteiger partial charge in [0, 0.05) is 18.2 Å². The second-order valence-corrected chi connectivity index (χ2v) is 4.62. The van der Waals surface area contributed by atoms with Gasteiger partial charge in [-0.3, -0.25) is 4.79 Å². The first kappa shape index (κ1) is 17.9. The molecule has 2 N–H and O–H groups in total. The normalized spacial score (nSPS) is 11.5. The summed E-state index contributed by atoms with van der Waals surface area (Å²) in [6.07, 6.45) is 1.97. The van der Waals surface area contributed by atoms with Crippen molar-refractivity contribution < 1.29 is 4.79 Å². The van der Waals surface area contributed by atoms with E-state index in [-0.39, 0.29) is 24.2 Å². The van der Waals surface area contributed by atoms with Crippen LogP contribution in [-0.2, 0) is 11.3 Å². The monoisotopic (exact) mass is 284 g/mol. The van der Waals surface area contributed by atoms with Gasteiger partial charge in [-0.15, -0.1) is 12.4 Å². The zero-order valence-corrected chi connectivity index (χ0v) is 12.8. The highest BCUT2D eigenvalue weighted by Gasteiger charge is 2.13. The van der Waals surface area contributed by atoms with E-state index in [1.807, 2.05) is 31.2 Å². The molecule has 1 aromatic rings. The summed E-state index contributed by atoms with van der Waals surface area (Å²) in [5, 5.41) is 6.31. The minimum Gasteiger partial charge on any atom is -0.326 e. The van der Waals surface area contributed by atoms with Crippen molar-refractivity contribution in [3.05, 3.63) is 29.8 Å². The molecule has 1 aromatic carbocycles. The Bertz CT molecular complexity index is 382. The lowest BCUT2D eigenvalue weighted by atomic mass is 10.0. The van der Waals surface area contributed by atoms with Gasteiger partial charge >= 0.3 is 0 Å². The fourth-order valence-corrected chi connectivity index (χ4v) is 1.88. The molecule has 4 heteroatoms. The predicted molar refractivity (Wildman–Crippen MR) is 83.8 cm³/mol. The number of rotatable bonds is 7. The van der Waals surface area contributed by atoms with Gasteiger partial charge in [-0.2, -0.15) is 0 Å². The van der Waals surface area contributed by atoms with E-state index >= 15 is 0 Å². The quantitative estimate of drug-likeness (QED) is 0.803. The summed E-state index contributed by atoms with van der Waals surface area (Å²) in [7, 11) is 0. The maximum atomic E-state index is 12.0. The second-order valence-electron chi connectivity index (χ2n) is 4.62. The largest absolute Gasteiger partial charge is 0.326 e. The average Bonchev–Trinajstić information content (AvgIpc) is 2.38. The molecule has 0 bridgehead atoms. The van der Waals surface area contributed by atoms with Crippen LogP contribution >= 0.6 is 12.4 Å². The van der Waals surface area contributed by atoms with Gasteiger partial charge in [-0.05, 0) is 24.6 Å². The zero-order valence-electron chi connectivity index (χ0n) is 12.0. The number of carbonyl (C=O) groups excluding carboxylic acids is 1. The number of carbonyl (C=O) groups is 1. The third-order valence-corrected chi connectivity index (χ3v) is 3.01. The SMILES string of the molecule is CCCC(C)C(=O)Nc1ccccc1CNCC.Cl. The van der Waals surface area contributed by atoms with Crippen molar-refractivity contribution in [2.45, 2.75) is 40.2 Å². The molecule has 1 amide bonds. The van der Waals surface area contributed by atoms with Crippen LogP contribution in [0.15, 0.2) is 24.3 Å². The summed E-state index contributed by atoms with van der Waals surface area (Å²) in [6.45, 7) is 7.86. The van der Waals surface area contributed by atoms with Crippen molar-refractivity contribution in [3.63, 3.8) is 0 Å². The van der Waals surface area contributed by atoms with E-state index in [0.717, 1.165) is 37.2 Å². The molecule has 1 atom stereocenters. The molecule has 0 saturated carbocycles. The van der Waals surface area contributed by atoms with Crippen LogP contribution in [0.4, 0.5) is 5.69 Å². The smallest absolute Gasteiger partial charge is 0.227 e. The van der Waals surface area contributed by atoms with Crippen LogP contribution in [0.1, 0.15) is 39.2 Å². The minimum atomic E-state index is 0. The third-order valence-electron chi connectivity index (χ3n) is 3.01. The molecule has 0 fully saturated rings. The van der Waals surface area contributed by atoms with Crippen LogP contribution in [0.2, 0.25) is 0 Å². The van der Waals surface area contributed by atoms with Crippen LogP contribution in [-0.4, -0.2) is 12.5 Å². The lowest BCUT2D eigenvalue weighted by Gasteiger charge is -2.14. The topological polar surface area (TPSA) is 41.1 Å². The number of benzene rings is 1. The van der Waals surface area contributed by atoms with E-state index in [1.54, 1.807) is 0 Å². The van der Waals surface area contributed by atoms with Gasteiger partial charge < -0.3 is 10.6 Å². The van der Waals surface area contributed by atoms with Crippen molar-refractivity contribution in [3.8, 4) is 0 Å². The van der Waals surface area contributed by atoms with E-state index in [4.69, 9.17) is 0 Å². The molecule has 0 spiro atoms. The van der Waals surface area contributed by atoms with Gasteiger partial charge in [0.15, 0.2) is 0 Å². The van der Waals surface area contributed by atoms with E-state index in [0.29, 0.717) is 0 Å². The van der Waals surface area contributed by atoms with Gasteiger partial charge in [0.25, 0.3) is 0 Å². The van der Waals surface area contributed by atoms with E-state index in [9.17, 15) is 4.79 Å². The number of anilines is 1. The Labute approximate surface area is 122 Å². The molecular formula is C15H25ClN2O. The Hall–Kier alpha value is -1.06. The maximum absolute atomic E-state index is 12.0. The summed E-state index contributed by atoms with van der Waals surface area (Å²) in [6, 6.07) is 7.96. The third kappa shape index (κ3) is 6.08. The molecule has 0 aliphatic rings. The summed E-state index contributed by atoms with van der Waals surface area (Å²) < 4.78 is 0. The Morgan fingerprint density at radius 1 is 1.26 bits per heavy atom. The first-order valence-corrected chi connectivity index (χ1v) is 6.78. The maximum Gasteiger partial charge on any atom is 0.227 e. The van der Waals surface area contributed by atoms with Crippen molar-refractivity contribution >= 4 is 24.0 Å². The first-order chi connectivity index (χ1) is 8.69. The van der Waals surface area contributed by atoms with E-state index in [1.165, 1.54) is 0 Å². The summed E-state index contributed by atoms with van der Waals surface area (Å²) in [5.41, 5.74) is 2.06. The highest BCUT2D eigenvalue weighted by atomic mass is 35.5. The molecule has 1 rings (SSSR count). The van der Waals surface area contributed by atoms with Crippen LogP contribution in [0.3, 0.4) is 0 Å². The van der Waals surface area contributed by atoms with Gasteiger partial charge in [-0.1, -0.05) is 45.4 Å². The molecule has 108 valence electrons. The Balaban J connectivity index is 0.00000324. The lowest BCUT2D eigenvalue weighted by Crippen LogP contribution is -2.22. The predicted octanol–water partition coefficient (Wildman–Crippen LogP) is 3.59. The van der Waals surface area contributed by atoms with Crippen molar-refractivity contribution in [1.82, 2.24) is 5.32 Å². The van der Waals surface area contributed by atoms with Gasteiger partial charge in [0.1, 0.15) is 0 Å². The lowest BCUT2D eigenvalue weighted by molar-refractivity contribution is -0.119. The first-order valence-electron chi connectivity index (χ1n) is 6.78. The fourth-order valence-electron chi connectivity index (χ4n) is 1.88. The number of amides is 1. The molecule has 1 unspecified atom stereocenters. The van der Waals surface area contributed by atoms with Crippen LogP contribution < -0.4 is 10.6 Å². The van der Waals surface area contributed by atoms with Crippen LogP contribution in [0, 0.1) is 5.92 Å². The van der Waals surface area contributed by atoms with Gasteiger partial charge in [0.05, 0.1) is 0 Å². The fraction of sp³-hybridized carbons (Fsp3) is 0.533. The van der Waals surface area contributed by atoms with Gasteiger partial charge in [0.2, 0.25) is 5.91 Å². The summed E-state index contributed by atoms with van der Waals surface area (Å²) >= 11 is 0. The second kappa shape index (κ2) is 9.82. The van der Waals surface area contributed by atoms with Gasteiger partial charge in [-0.25, -0.2) is 0 Å². The zero-order chi connectivity index (χ0) is 13.4. The highest BCUT2D eigenvalue weighted by Crippen LogP contribution is 2.17. The van der Waals surface area contributed by atoms with Crippen molar-refractivity contribution in [2.75, 3.05) is 11.9 Å². The number of halogens is 1. The Morgan fingerprint density at radius 3 is 2.58 bits per heavy atom. The average molecular weight is 285 g/mol. The van der Waals surface area contributed by atoms with Crippen LogP contribution in [0.25, 0.3) is 0 Å². The van der Waals surface area contributed by atoms with Crippen LogP contribution in [0.5, 0.6) is 0 Å². The molecule has 0 aliphatic carbocycles. The molecule has 0 radical (unpaired) electrons. The highest BCUT2D eigenvalue weighted by molar-refractivity contribution is 5.93. The molecular weight excluding hydrogens is 260 g/mol. The number of para-hydroxylation sites is 1. The number of hydrogen-bond donors (Lipinski definition) is 2. The molecule has 19 heavy (non-hydrogen) atoms. The summed E-state index contributed by atoms with van der Waals surface area (Å²) in [5.74, 6) is 0.183. The number of hydrogen-bond acceptors (Lipinski definition) is 2. The van der Waals surface area contributed by atoms with Crippen molar-refractivity contribution in [1.29, 1.82) is 0 Å². The van der Waals surface area contributed by atoms with E-state index in [2.05, 4.69) is 24.5 Å². The molecule has 0 aliphatic heterocycles. The molecule has 0 saturated heterocycles. The molecule has 0 aromatic heterocycles. The summed E-state index contributed by atoms with van der Waals surface area (Å²) in [4.78, 5) is 12.0. The molecule has 0 heterocycles.